The fourth-order valence-corrected chi connectivity index (χ4v) is 1.90. The van der Waals surface area contributed by atoms with Gasteiger partial charge in [-0.3, -0.25) is 0 Å². The van der Waals surface area contributed by atoms with Crippen molar-refractivity contribution in [2.24, 2.45) is 0 Å². The van der Waals surface area contributed by atoms with E-state index in [1.165, 1.54) is 0 Å². The molecule has 0 aliphatic rings. The monoisotopic (exact) mass is 219 g/mol. The molecule has 16 heavy (non-hydrogen) atoms. The molecule has 0 fully saturated rings. The lowest BCUT2D eigenvalue weighted by Gasteiger charge is -2.02. The van der Waals surface area contributed by atoms with Gasteiger partial charge in [0.1, 0.15) is 11.4 Å². The predicted molar refractivity (Wildman–Crippen MR) is 61.3 cm³/mol. The van der Waals surface area contributed by atoms with Crippen molar-refractivity contribution in [2.45, 2.75) is 13.8 Å². The molecule has 0 aliphatic heterocycles. The summed E-state index contributed by atoms with van der Waals surface area (Å²) in [4.78, 5) is 13.9. The topological polar surface area (TPSA) is 62.3 Å². The van der Waals surface area contributed by atoms with Crippen LogP contribution in [0.4, 0.5) is 0 Å². The third-order valence-electron chi connectivity index (χ3n) is 2.79. The van der Waals surface area contributed by atoms with Crippen molar-refractivity contribution in [3.63, 3.8) is 0 Å². The molecule has 4 nitrogen and oxygen atoms in total. The number of hydrogen-bond acceptors (Lipinski definition) is 2. The molecular formula is C12H13NO3. The number of aromatic carboxylic acids is 1. The van der Waals surface area contributed by atoms with Crippen LogP contribution in [0.25, 0.3) is 10.9 Å². The van der Waals surface area contributed by atoms with Gasteiger partial charge in [-0.15, -0.1) is 0 Å². The molecular weight excluding hydrogens is 206 g/mol. The standard InChI is InChI=1S/C12H13NO3/c1-6-4-8(16-3)5-9-7(2)11(12(14)15)13-10(6)9/h4-5,13H,1-3H3,(H,14,15). The zero-order valence-corrected chi connectivity index (χ0v) is 9.42. The largest absolute Gasteiger partial charge is 0.497 e. The van der Waals surface area contributed by atoms with Gasteiger partial charge >= 0.3 is 5.97 Å². The smallest absolute Gasteiger partial charge is 0.352 e. The number of carboxylic acid groups (broad SMARTS) is 1. The van der Waals surface area contributed by atoms with Crippen molar-refractivity contribution in [3.05, 3.63) is 29.0 Å². The first-order valence-electron chi connectivity index (χ1n) is 4.94. The zero-order chi connectivity index (χ0) is 11.9. The average Bonchev–Trinajstić information content (AvgIpc) is 2.57. The molecule has 1 aromatic carbocycles. The van der Waals surface area contributed by atoms with Gasteiger partial charge in [-0.1, -0.05) is 0 Å². The number of methoxy groups -OCH3 is 1. The first-order valence-corrected chi connectivity index (χ1v) is 4.94. The minimum absolute atomic E-state index is 0.242. The Hall–Kier alpha value is -1.97. The lowest BCUT2D eigenvalue weighted by atomic mass is 10.1. The zero-order valence-electron chi connectivity index (χ0n) is 9.42. The van der Waals surface area contributed by atoms with E-state index in [1.54, 1.807) is 14.0 Å². The number of aromatic amines is 1. The van der Waals surface area contributed by atoms with E-state index in [0.29, 0.717) is 0 Å². The molecule has 0 saturated carbocycles. The summed E-state index contributed by atoms with van der Waals surface area (Å²) in [5.74, 6) is -0.198. The number of rotatable bonds is 2. The molecule has 0 radical (unpaired) electrons. The number of benzene rings is 1. The minimum Gasteiger partial charge on any atom is -0.497 e. The van der Waals surface area contributed by atoms with Crippen molar-refractivity contribution in [3.8, 4) is 5.75 Å². The Morgan fingerprint density at radius 3 is 2.62 bits per heavy atom. The second-order valence-corrected chi connectivity index (χ2v) is 3.80. The summed E-state index contributed by atoms with van der Waals surface area (Å²) < 4.78 is 5.17. The van der Waals surface area contributed by atoms with Crippen molar-refractivity contribution in [1.82, 2.24) is 4.98 Å². The van der Waals surface area contributed by atoms with Gasteiger partial charge in [-0.25, -0.2) is 4.79 Å². The second kappa shape index (κ2) is 3.56. The quantitative estimate of drug-likeness (QED) is 0.815. The normalized spacial score (nSPS) is 10.7. The number of ether oxygens (including phenoxy) is 1. The molecule has 0 bridgehead atoms. The number of fused-ring (bicyclic) bond motifs is 1. The highest BCUT2D eigenvalue weighted by molar-refractivity contribution is 5.98. The van der Waals surface area contributed by atoms with Crippen LogP contribution in [0.3, 0.4) is 0 Å². The van der Waals surface area contributed by atoms with Gasteiger partial charge in [-0.05, 0) is 37.1 Å². The average molecular weight is 219 g/mol. The summed E-state index contributed by atoms with van der Waals surface area (Å²) >= 11 is 0. The van der Waals surface area contributed by atoms with Crippen molar-refractivity contribution in [2.75, 3.05) is 7.11 Å². The van der Waals surface area contributed by atoms with Gasteiger partial charge < -0.3 is 14.8 Å². The number of nitrogens with one attached hydrogen (secondary N) is 1. The van der Waals surface area contributed by atoms with E-state index in [-0.39, 0.29) is 5.69 Å². The fraction of sp³-hybridized carbons (Fsp3) is 0.250. The molecule has 0 amide bonds. The van der Waals surface area contributed by atoms with Gasteiger partial charge in [0, 0.05) is 10.9 Å². The van der Waals surface area contributed by atoms with Crippen LogP contribution in [-0.2, 0) is 0 Å². The van der Waals surface area contributed by atoms with Crippen LogP contribution in [0.5, 0.6) is 5.75 Å². The van der Waals surface area contributed by atoms with E-state index in [4.69, 9.17) is 9.84 Å². The number of hydrogen-bond donors (Lipinski definition) is 2. The summed E-state index contributed by atoms with van der Waals surface area (Å²) in [6.07, 6.45) is 0. The fourth-order valence-electron chi connectivity index (χ4n) is 1.90. The maximum absolute atomic E-state index is 11.0. The van der Waals surface area contributed by atoms with Gasteiger partial charge in [-0.2, -0.15) is 0 Å². The van der Waals surface area contributed by atoms with E-state index in [1.807, 2.05) is 19.1 Å². The molecule has 0 saturated heterocycles. The molecule has 0 unspecified atom stereocenters. The second-order valence-electron chi connectivity index (χ2n) is 3.80. The molecule has 84 valence electrons. The molecule has 2 aromatic rings. The van der Waals surface area contributed by atoms with E-state index < -0.39 is 5.97 Å². The summed E-state index contributed by atoms with van der Waals surface area (Å²) in [7, 11) is 1.60. The summed E-state index contributed by atoms with van der Waals surface area (Å²) in [6.45, 7) is 3.72. The number of H-pyrrole nitrogens is 1. The number of carbonyl (C=O) groups is 1. The lowest BCUT2D eigenvalue weighted by Crippen LogP contribution is -1.98. The minimum atomic E-state index is -0.938. The van der Waals surface area contributed by atoms with Crippen LogP contribution in [0.2, 0.25) is 0 Å². The third-order valence-corrected chi connectivity index (χ3v) is 2.79. The van der Waals surface area contributed by atoms with Crippen LogP contribution in [0.15, 0.2) is 12.1 Å². The van der Waals surface area contributed by atoms with E-state index >= 15 is 0 Å². The highest BCUT2D eigenvalue weighted by atomic mass is 16.5. The Morgan fingerprint density at radius 1 is 1.38 bits per heavy atom. The molecule has 0 spiro atoms. The van der Waals surface area contributed by atoms with E-state index in [9.17, 15) is 4.79 Å². The van der Waals surface area contributed by atoms with Gasteiger partial charge in [0.15, 0.2) is 0 Å². The molecule has 4 heteroatoms. The summed E-state index contributed by atoms with van der Waals surface area (Å²) in [6, 6.07) is 3.73. The van der Waals surface area contributed by atoms with Gasteiger partial charge in [0.2, 0.25) is 0 Å². The number of carboxylic acids is 1. The van der Waals surface area contributed by atoms with Crippen LogP contribution in [-0.4, -0.2) is 23.2 Å². The maximum Gasteiger partial charge on any atom is 0.352 e. The third kappa shape index (κ3) is 1.43. The number of aromatic nitrogens is 1. The SMILES string of the molecule is COc1cc(C)c2[nH]c(C(=O)O)c(C)c2c1. The van der Waals surface area contributed by atoms with Gasteiger partial charge in [0.25, 0.3) is 0 Å². The van der Waals surface area contributed by atoms with E-state index in [0.717, 1.165) is 27.8 Å². The van der Waals surface area contributed by atoms with Crippen LogP contribution in [0, 0.1) is 13.8 Å². The van der Waals surface area contributed by atoms with Crippen LogP contribution in [0.1, 0.15) is 21.6 Å². The first-order chi connectivity index (χ1) is 7.54. The number of aryl methyl sites for hydroxylation is 2. The Labute approximate surface area is 92.9 Å². The molecule has 0 atom stereocenters. The van der Waals surface area contributed by atoms with Crippen molar-refractivity contribution >= 4 is 16.9 Å². The van der Waals surface area contributed by atoms with Gasteiger partial charge in [0.05, 0.1) is 7.11 Å². The Balaban J connectivity index is 2.81. The van der Waals surface area contributed by atoms with Crippen LogP contribution < -0.4 is 4.74 Å². The molecule has 2 rings (SSSR count). The summed E-state index contributed by atoms with van der Waals surface area (Å²) in [5.41, 5.74) is 2.82. The molecule has 1 aromatic heterocycles. The Morgan fingerprint density at radius 2 is 2.06 bits per heavy atom. The van der Waals surface area contributed by atoms with Crippen molar-refractivity contribution in [1.29, 1.82) is 0 Å². The first kappa shape index (κ1) is 10.5. The van der Waals surface area contributed by atoms with E-state index in [2.05, 4.69) is 4.98 Å². The highest BCUT2D eigenvalue weighted by Gasteiger charge is 2.15. The Bertz CT molecular complexity index is 569. The Kier molecular flexibility index (Phi) is 2.34. The molecule has 2 N–H and O–H groups in total. The van der Waals surface area contributed by atoms with Crippen LogP contribution >= 0.6 is 0 Å². The lowest BCUT2D eigenvalue weighted by molar-refractivity contribution is 0.0691. The summed E-state index contributed by atoms with van der Waals surface area (Å²) in [5, 5.41) is 9.92. The predicted octanol–water partition coefficient (Wildman–Crippen LogP) is 2.49. The maximum atomic E-state index is 11.0. The molecule has 0 aliphatic carbocycles. The van der Waals surface area contributed by atoms with Crippen molar-refractivity contribution < 1.29 is 14.6 Å². The molecule has 1 heterocycles. The highest BCUT2D eigenvalue weighted by Crippen LogP contribution is 2.28.